The van der Waals surface area contributed by atoms with E-state index in [4.69, 9.17) is 4.74 Å². The largest absolute Gasteiger partial charge is 0.465 e. The van der Waals surface area contributed by atoms with Crippen molar-refractivity contribution in [3.8, 4) is 0 Å². The van der Waals surface area contributed by atoms with Crippen molar-refractivity contribution in [1.29, 1.82) is 0 Å². The van der Waals surface area contributed by atoms with Gasteiger partial charge in [0.25, 0.3) is 0 Å². The number of rotatable bonds is 8. The first kappa shape index (κ1) is 27.3. The minimum absolute atomic E-state index is 0.206. The van der Waals surface area contributed by atoms with Crippen LogP contribution in [0.5, 0.6) is 0 Å². The van der Waals surface area contributed by atoms with Gasteiger partial charge in [-0.25, -0.2) is 0 Å². The summed E-state index contributed by atoms with van der Waals surface area (Å²) in [6, 6.07) is 0. The number of hydrogen-bond acceptors (Lipinski definition) is 5. The molecular formula is C31H46O5. The molecular weight excluding hydrogens is 452 g/mol. The molecule has 200 valence electrons. The van der Waals surface area contributed by atoms with E-state index in [1.165, 1.54) is 12.0 Å². The summed E-state index contributed by atoms with van der Waals surface area (Å²) in [5.41, 5.74) is 2.66. The lowest BCUT2D eigenvalue weighted by Crippen LogP contribution is -2.36. The van der Waals surface area contributed by atoms with Gasteiger partial charge in [-0.3, -0.25) is 4.79 Å². The molecule has 0 heterocycles. The second-order valence-electron chi connectivity index (χ2n) is 12.1. The van der Waals surface area contributed by atoms with E-state index in [1.54, 1.807) is 0 Å². The van der Waals surface area contributed by atoms with Crippen LogP contribution < -0.4 is 0 Å². The highest BCUT2D eigenvalue weighted by atomic mass is 16.5. The van der Waals surface area contributed by atoms with Crippen molar-refractivity contribution in [2.24, 2.45) is 28.6 Å². The van der Waals surface area contributed by atoms with Crippen molar-refractivity contribution in [1.82, 2.24) is 0 Å². The number of fused-ring (bicyclic) bond motifs is 1. The van der Waals surface area contributed by atoms with E-state index >= 15 is 0 Å². The number of allylic oxidation sites excluding steroid dienone is 4. The fourth-order valence-electron chi connectivity index (χ4n) is 7.30. The van der Waals surface area contributed by atoms with Gasteiger partial charge in [0.1, 0.15) is 0 Å². The number of hydrogen-bond donors (Lipinski definition) is 3. The zero-order chi connectivity index (χ0) is 26.1. The smallest absolute Gasteiger partial charge is 0.315 e. The Balaban J connectivity index is 1.44. The molecule has 4 aliphatic carbocycles. The van der Waals surface area contributed by atoms with Crippen molar-refractivity contribution >= 4 is 5.97 Å². The zero-order valence-corrected chi connectivity index (χ0v) is 22.4. The number of esters is 1. The standard InChI is InChI=1S/C31H46O5/c1-5-17-36-29(35)31(15-16-31)28(34)13-8-20(2)25-11-12-26-22(7-6-14-30(25,26)4)9-10-23-18-24(32)19-27(33)21(23)3/h8-10,13,20,24-28,32-34H,3,5-7,11-12,14-19H2,1-2,4H3/b13-8+,22-9+,23-10-/t20-,24-,25-,26+,27+,28-,30-/m1/s1. The fourth-order valence-corrected chi connectivity index (χ4v) is 7.30. The van der Waals surface area contributed by atoms with Gasteiger partial charge in [0.05, 0.1) is 30.3 Å². The summed E-state index contributed by atoms with van der Waals surface area (Å²) in [4.78, 5) is 12.5. The van der Waals surface area contributed by atoms with Gasteiger partial charge in [-0.05, 0) is 92.1 Å². The summed E-state index contributed by atoms with van der Waals surface area (Å²) in [5, 5.41) is 31.1. The minimum Gasteiger partial charge on any atom is -0.465 e. The molecule has 0 unspecified atom stereocenters. The maximum atomic E-state index is 12.5. The van der Waals surface area contributed by atoms with Gasteiger partial charge in [-0.1, -0.05) is 57.2 Å². The van der Waals surface area contributed by atoms with Gasteiger partial charge >= 0.3 is 5.97 Å². The highest BCUT2D eigenvalue weighted by Crippen LogP contribution is 2.59. The molecule has 0 aromatic rings. The zero-order valence-electron chi connectivity index (χ0n) is 22.4. The quantitative estimate of drug-likeness (QED) is 0.308. The maximum Gasteiger partial charge on any atom is 0.315 e. The molecule has 0 aliphatic heterocycles. The third-order valence-corrected chi connectivity index (χ3v) is 9.73. The molecule has 0 saturated heterocycles. The predicted molar refractivity (Wildman–Crippen MR) is 142 cm³/mol. The maximum absolute atomic E-state index is 12.5. The Bertz CT molecular complexity index is 925. The Morgan fingerprint density at radius 2 is 1.94 bits per heavy atom. The lowest BCUT2D eigenvalue weighted by atomic mass is 9.61. The highest BCUT2D eigenvalue weighted by Gasteiger charge is 2.56. The summed E-state index contributed by atoms with van der Waals surface area (Å²) < 4.78 is 5.35. The molecule has 7 atom stereocenters. The summed E-state index contributed by atoms with van der Waals surface area (Å²) >= 11 is 0. The van der Waals surface area contributed by atoms with Gasteiger partial charge in [0.2, 0.25) is 0 Å². The Hall–Kier alpha value is -1.69. The minimum atomic E-state index is -0.781. The molecule has 0 aromatic heterocycles. The average Bonchev–Trinajstić information content (AvgIpc) is 3.58. The molecule has 36 heavy (non-hydrogen) atoms. The van der Waals surface area contributed by atoms with E-state index in [-0.39, 0.29) is 11.4 Å². The fraction of sp³-hybridized carbons (Fsp3) is 0.710. The molecule has 4 fully saturated rings. The Kier molecular flexibility index (Phi) is 8.33. The molecule has 0 bridgehead atoms. The Morgan fingerprint density at radius 3 is 2.64 bits per heavy atom. The SMILES string of the molecule is C=C1/C(=C\C=C2/CCC[C@]3(C)[C@@H]([C@H](C)/C=C/[C@@H](O)C4(C(=O)OCCC)CC4)CC[C@@H]23)C[C@@H](O)C[C@@H]1O. The second kappa shape index (κ2) is 11.0. The van der Waals surface area contributed by atoms with E-state index in [2.05, 4.69) is 38.7 Å². The second-order valence-corrected chi connectivity index (χ2v) is 12.1. The first-order valence-corrected chi connectivity index (χ1v) is 14.1. The lowest BCUT2D eigenvalue weighted by molar-refractivity contribution is -0.153. The third kappa shape index (κ3) is 5.30. The van der Waals surface area contributed by atoms with Crippen LogP contribution in [-0.4, -0.2) is 46.2 Å². The van der Waals surface area contributed by atoms with Crippen molar-refractivity contribution in [3.63, 3.8) is 0 Å². The van der Waals surface area contributed by atoms with E-state index in [0.717, 1.165) is 43.3 Å². The van der Waals surface area contributed by atoms with Crippen LogP contribution >= 0.6 is 0 Å². The number of carbonyl (C=O) groups excluding carboxylic acids is 1. The molecule has 0 radical (unpaired) electrons. The topological polar surface area (TPSA) is 87.0 Å². The monoisotopic (exact) mass is 498 g/mol. The Morgan fingerprint density at radius 1 is 1.19 bits per heavy atom. The summed E-state index contributed by atoms with van der Waals surface area (Å²) in [6.45, 7) is 11.1. The van der Waals surface area contributed by atoms with Crippen LogP contribution in [-0.2, 0) is 9.53 Å². The van der Waals surface area contributed by atoms with Gasteiger partial charge in [-0.15, -0.1) is 0 Å². The first-order chi connectivity index (χ1) is 17.1. The summed E-state index contributed by atoms with van der Waals surface area (Å²) in [6.07, 6.45) is 15.3. The van der Waals surface area contributed by atoms with E-state index in [0.29, 0.717) is 50.0 Å². The number of carbonyl (C=O) groups is 1. The van der Waals surface area contributed by atoms with Crippen LogP contribution in [0.15, 0.2) is 47.6 Å². The van der Waals surface area contributed by atoms with Crippen LogP contribution in [0.4, 0.5) is 0 Å². The van der Waals surface area contributed by atoms with E-state index in [9.17, 15) is 20.1 Å². The van der Waals surface area contributed by atoms with Crippen LogP contribution in [0.1, 0.15) is 85.0 Å². The molecule has 4 rings (SSSR count). The lowest BCUT2D eigenvalue weighted by Gasteiger charge is -2.44. The molecule has 5 nitrogen and oxygen atoms in total. The molecule has 4 aliphatic rings. The summed E-state index contributed by atoms with van der Waals surface area (Å²) in [5.74, 6) is 1.12. The van der Waals surface area contributed by atoms with Gasteiger partial charge in [0.15, 0.2) is 0 Å². The third-order valence-electron chi connectivity index (χ3n) is 9.73. The van der Waals surface area contributed by atoms with E-state index in [1.807, 2.05) is 13.0 Å². The molecule has 0 spiro atoms. The van der Waals surface area contributed by atoms with Gasteiger partial charge in [0, 0.05) is 6.42 Å². The van der Waals surface area contributed by atoms with Crippen molar-refractivity contribution in [2.75, 3.05) is 6.61 Å². The van der Waals surface area contributed by atoms with Crippen LogP contribution in [0.3, 0.4) is 0 Å². The van der Waals surface area contributed by atoms with Crippen LogP contribution in [0.2, 0.25) is 0 Å². The van der Waals surface area contributed by atoms with Crippen molar-refractivity contribution in [3.05, 3.63) is 47.6 Å². The van der Waals surface area contributed by atoms with E-state index < -0.39 is 23.7 Å². The van der Waals surface area contributed by atoms with Crippen LogP contribution in [0, 0.1) is 28.6 Å². The number of aliphatic hydroxyl groups excluding tert-OH is 3. The number of aliphatic hydroxyl groups is 3. The molecule has 4 saturated carbocycles. The average molecular weight is 499 g/mol. The molecule has 5 heteroatoms. The summed E-state index contributed by atoms with van der Waals surface area (Å²) in [7, 11) is 0. The van der Waals surface area contributed by atoms with Crippen molar-refractivity contribution in [2.45, 2.75) is 103 Å². The van der Waals surface area contributed by atoms with Gasteiger partial charge in [-0.2, -0.15) is 0 Å². The van der Waals surface area contributed by atoms with Crippen molar-refractivity contribution < 1.29 is 24.9 Å². The predicted octanol–water partition coefficient (Wildman–Crippen LogP) is 5.41. The highest BCUT2D eigenvalue weighted by molar-refractivity contribution is 5.81. The molecule has 0 aromatic carbocycles. The van der Waals surface area contributed by atoms with Crippen LogP contribution in [0.25, 0.3) is 0 Å². The molecule has 0 amide bonds. The normalized spacial score (nSPS) is 37.8. The Labute approximate surface area is 217 Å². The molecule has 3 N–H and O–H groups in total. The van der Waals surface area contributed by atoms with Gasteiger partial charge < -0.3 is 20.1 Å². The first-order valence-electron chi connectivity index (χ1n) is 14.1. The number of ether oxygens (including phenoxy) is 1.